The molecule has 2 atom stereocenters. The van der Waals surface area contributed by atoms with E-state index < -0.39 is 24.0 Å². The molecule has 10 nitrogen and oxygen atoms in total. The van der Waals surface area contributed by atoms with Gasteiger partial charge in [-0.15, -0.1) is 11.3 Å². The topological polar surface area (TPSA) is 130 Å². The molecule has 1 heterocycles. The molecule has 2 amide bonds. The number of amides is 2. The Morgan fingerprint density at radius 3 is 2.36 bits per heavy atom. The number of nitrogens with one attached hydrogen (secondary N) is 2. The molecule has 1 aromatic heterocycles. The molecule has 4 aromatic rings. The summed E-state index contributed by atoms with van der Waals surface area (Å²) in [6.45, 7) is 2.84. The minimum Gasteiger partial charge on any atom is -0.497 e. The van der Waals surface area contributed by atoms with Crippen LogP contribution in [0.2, 0.25) is 0 Å². The maximum Gasteiger partial charge on any atom is 0.337 e. The van der Waals surface area contributed by atoms with E-state index in [9.17, 15) is 19.5 Å². The van der Waals surface area contributed by atoms with Gasteiger partial charge in [-0.05, 0) is 54.8 Å². The predicted octanol–water partition coefficient (Wildman–Crippen LogP) is 4.01. The van der Waals surface area contributed by atoms with Crippen molar-refractivity contribution in [1.29, 1.82) is 0 Å². The van der Waals surface area contributed by atoms with Crippen LogP contribution in [-0.4, -0.2) is 72.7 Å². The fraction of sp³-hybridized carbons (Fsp3) is 0.294. The van der Waals surface area contributed by atoms with Crippen molar-refractivity contribution < 1.29 is 29.0 Å². The molecule has 11 heteroatoms. The molecular formula is C34H38N4O6S. The van der Waals surface area contributed by atoms with E-state index in [-0.39, 0.29) is 35.7 Å². The Kier molecular flexibility index (Phi) is 11.8. The smallest absolute Gasteiger partial charge is 0.337 e. The number of hydrogen-bond donors (Lipinski definition) is 3. The number of methoxy groups -OCH3 is 2. The second kappa shape index (κ2) is 15.9. The van der Waals surface area contributed by atoms with Crippen LogP contribution < -0.4 is 15.4 Å². The van der Waals surface area contributed by atoms with E-state index in [1.807, 2.05) is 66.9 Å². The van der Waals surface area contributed by atoms with Gasteiger partial charge in [0.15, 0.2) is 0 Å². The van der Waals surface area contributed by atoms with Gasteiger partial charge in [0.2, 0.25) is 0 Å². The number of aryl methyl sites for hydroxylation is 1. The van der Waals surface area contributed by atoms with E-state index in [0.29, 0.717) is 13.0 Å². The highest BCUT2D eigenvalue weighted by Gasteiger charge is 2.25. The highest BCUT2D eigenvalue weighted by Crippen LogP contribution is 2.18. The van der Waals surface area contributed by atoms with Crippen molar-refractivity contribution in [3.8, 4) is 5.75 Å². The fourth-order valence-electron chi connectivity index (χ4n) is 4.78. The summed E-state index contributed by atoms with van der Waals surface area (Å²) in [6, 6.07) is 20.7. The van der Waals surface area contributed by atoms with Crippen LogP contribution in [0.25, 0.3) is 0 Å². The lowest BCUT2D eigenvalue weighted by atomic mass is 9.99. The number of hydrogen-bond acceptors (Lipinski definition) is 9. The van der Waals surface area contributed by atoms with Gasteiger partial charge in [-0.25, -0.2) is 9.78 Å². The van der Waals surface area contributed by atoms with Crippen LogP contribution in [0.1, 0.15) is 52.9 Å². The van der Waals surface area contributed by atoms with E-state index in [4.69, 9.17) is 9.47 Å². The zero-order valence-electron chi connectivity index (χ0n) is 25.8. The summed E-state index contributed by atoms with van der Waals surface area (Å²) in [5, 5.41) is 20.1. The van der Waals surface area contributed by atoms with Crippen LogP contribution in [-0.2, 0) is 24.2 Å². The number of carbonyl (C=O) groups is 3. The number of thiazole rings is 1. The maximum atomic E-state index is 13.7. The Labute approximate surface area is 267 Å². The van der Waals surface area contributed by atoms with Gasteiger partial charge in [-0.2, -0.15) is 0 Å². The molecule has 0 saturated carbocycles. The van der Waals surface area contributed by atoms with Crippen LogP contribution >= 0.6 is 11.3 Å². The first-order chi connectivity index (χ1) is 21.7. The molecule has 0 unspecified atom stereocenters. The molecule has 45 heavy (non-hydrogen) atoms. The lowest BCUT2D eigenvalue weighted by Crippen LogP contribution is -2.48. The number of carbonyl (C=O) groups excluding carboxylic acids is 3. The molecule has 0 radical (unpaired) electrons. The number of aromatic nitrogens is 1. The summed E-state index contributed by atoms with van der Waals surface area (Å²) in [5.74, 6) is -0.869. The monoisotopic (exact) mass is 630 g/mol. The van der Waals surface area contributed by atoms with E-state index >= 15 is 0 Å². The van der Waals surface area contributed by atoms with Crippen molar-refractivity contribution in [3.05, 3.63) is 117 Å². The van der Waals surface area contributed by atoms with Gasteiger partial charge in [-0.3, -0.25) is 9.59 Å². The van der Waals surface area contributed by atoms with Gasteiger partial charge in [0.1, 0.15) is 10.8 Å². The van der Waals surface area contributed by atoms with Gasteiger partial charge in [0.05, 0.1) is 38.5 Å². The normalized spacial score (nSPS) is 12.2. The number of aliphatic hydroxyl groups excluding tert-OH is 1. The standard InChI is InChI=1S/C34H38N4O6S/c1-22-21-45-31(36-22)20-38(2)33(41)26-15-25(16-27(17-26)34(42)44-4)32(40)37-29(14-23-9-6-5-7-10-23)30(39)19-35-18-24-11-8-12-28(13-24)43-3/h5-13,15-17,21,29-30,35,39H,14,18-20H2,1-4H3,(H,37,40)/t29-,30-/m0/s1. The van der Waals surface area contributed by atoms with E-state index in [0.717, 1.165) is 27.6 Å². The zero-order chi connectivity index (χ0) is 32.3. The van der Waals surface area contributed by atoms with Gasteiger partial charge in [0, 0.05) is 42.3 Å². The average molecular weight is 631 g/mol. The molecule has 0 fully saturated rings. The number of nitrogens with zero attached hydrogens (tertiary/aromatic N) is 2. The Morgan fingerprint density at radius 2 is 1.67 bits per heavy atom. The zero-order valence-corrected chi connectivity index (χ0v) is 26.6. The second-order valence-corrected chi connectivity index (χ2v) is 11.6. The van der Waals surface area contributed by atoms with Crippen molar-refractivity contribution in [1.82, 2.24) is 20.5 Å². The van der Waals surface area contributed by atoms with Crippen LogP contribution in [0, 0.1) is 6.92 Å². The van der Waals surface area contributed by atoms with Gasteiger partial charge < -0.3 is 30.1 Å². The third-order valence-electron chi connectivity index (χ3n) is 7.15. The first-order valence-electron chi connectivity index (χ1n) is 14.4. The summed E-state index contributed by atoms with van der Waals surface area (Å²) in [5.41, 5.74) is 3.08. The van der Waals surface area contributed by atoms with E-state index in [2.05, 4.69) is 15.6 Å². The summed E-state index contributed by atoms with van der Waals surface area (Å²) in [7, 11) is 4.47. The summed E-state index contributed by atoms with van der Waals surface area (Å²) in [4.78, 5) is 45.5. The minimum atomic E-state index is -0.961. The fourth-order valence-corrected chi connectivity index (χ4v) is 5.60. The lowest BCUT2D eigenvalue weighted by Gasteiger charge is -2.25. The number of aliphatic hydroxyl groups is 1. The molecular weight excluding hydrogens is 592 g/mol. The van der Waals surface area contributed by atoms with Crippen LogP contribution in [0.15, 0.2) is 78.2 Å². The molecule has 0 aliphatic carbocycles. The molecule has 3 aromatic carbocycles. The lowest BCUT2D eigenvalue weighted by molar-refractivity contribution is 0.0600. The third-order valence-corrected chi connectivity index (χ3v) is 8.10. The van der Waals surface area contributed by atoms with Gasteiger partial charge >= 0.3 is 5.97 Å². The largest absolute Gasteiger partial charge is 0.497 e. The number of rotatable bonds is 14. The molecule has 4 rings (SSSR count). The highest BCUT2D eigenvalue weighted by atomic mass is 32.1. The minimum absolute atomic E-state index is 0.0621. The van der Waals surface area contributed by atoms with Crippen LogP contribution in [0.4, 0.5) is 0 Å². The van der Waals surface area contributed by atoms with Crippen molar-refractivity contribution in [3.63, 3.8) is 0 Å². The SMILES string of the molecule is COC(=O)c1cc(C(=O)N[C@@H](Cc2ccccc2)[C@@H](O)CNCc2cccc(OC)c2)cc(C(=O)N(C)Cc2nc(C)cs2)c1. The predicted molar refractivity (Wildman–Crippen MR) is 173 cm³/mol. The molecule has 0 aliphatic heterocycles. The van der Waals surface area contributed by atoms with Crippen molar-refractivity contribution >= 4 is 29.1 Å². The second-order valence-electron chi connectivity index (χ2n) is 10.7. The molecule has 0 bridgehead atoms. The van der Waals surface area contributed by atoms with Crippen LogP contribution in [0.3, 0.4) is 0 Å². The van der Waals surface area contributed by atoms with Gasteiger partial charge in [0.25, 0.3) is 11.8 Å². The van der Waals surface area contributed by atoms with Crippen molar-refractivity contribution in [2.75, 3.05) is 27.8 Å². The average Bonchev–Trinajstić information content (AvgIpc) is 3.47. The summed E-state index contributed by atoms with van der Waals surface area (Å²) < 4.78 is 10.2. The highest BCUT2D eigenvalue weighted by molar-refractivity contribution is 7.09. The van der Waals surface area contributed by atoms with Gasteiger partial charge in [-0.1, -0.05) is 42.5 Å². The Balaban J connectivity index is 1.53. The molecule has 0 saturated heterocycles. The summed E-state index contributed by atoms with van der Waals surface area (Å²) in [6.07, 6.45) is -0.606. The molecule has 236 valence electrons. The quantitative estimate of drug-likeness (QED) is 0.178. The molecule has 3 N–H and O–H groups in total. The van der Waals surface area contributed by atoms with Crippen molar-refractivity contribution in [2.45, 2.75) is 38.6 Å². The Bertz CT molecular complexity index is 1610. The first kappa shape index (κ1) is 33.3. The maximum absolute atomic E-state index is 13.7. The number of esters is 1. The number of benzene rings is 3. The summed E-state index contributed by atoms with van der Waals surface area (Å²) >= 11 is 1.45. The van der Waals surface area contributed by atoms with E-state index in [1.54, 1.807) is 14.2 Å². The van der Waals surface area contributed by atoms with E-state index in [1.165, 1.54) is 41.5 Å². The molecule has 0 spiro atoms. The number of ether oxygens (including phenoxy) is 2. The Morgan fingerprint density at radius 1 is 0.956 bits per heavy atom. The van der Waals surface area contributed by atoms with Crippen LogP contribution in [0.5, 0.6) is 5.75 Å². The Hall–Kier alpha value is -4.58. The molecule has 0 aliphatic rings. The van der Waals surface area contributed by atoms with Crippen molar-refractivity contribution in [2.24, 2.45) is 0 Å². The first-order valence-corrected chi connectivity index (χ1v) is 15.3. The third kappa shape index (κ3) is 9.45.